The highest BCUT2D eigenvalue weighted by atomic mass is 19.4. The summed E-state index contributed by atoms with van der Waals surface area (Å²) < 4.78 is 43.6. The summed E-state index contributed by atoms with van der Waals surface area (Å²) in [6.07, 6.45) is -2.30. The van der Waals surface area contributed by atoms with E-state index < -0.39 is 11.7 Å². The first-order chi connectivity index (χ1) is 10.4. The maximum atomic E-state index is 12.7. The first-order valence-corrected chi connectivity index (χ1v) is 6.30. The quantitative estimate of drug-likeness (QED) is 0.622. The molecule has 2 aromatic rings. The molecule has 6 heteroatoms. The monoisotopic (exact) mass is 307 g/mol. The highest BCUT2D eigenvalue weighted by molar-refractivity contribution is 5.87. The van der Waals surface area contributed by atoms with Gasteiger partial charge in [0.05, 0.1) is 5.56 Å². The number of benzene rings is 2. The summed E-state index contributed by atoms with van der Waals surface area (Å²) in [5.41, 5.74) is 0.135. The van der Waals surface area contributed by atoms with Crippen LogP contribution in [0, 0.1) is 0 Å². The highest BCUT2D eigenvalue weighted by Gasteiger charge is 2.30. The SMILES string of the molecule is C/N=C\c1cc(C=O)ccc1Oc1cccc(C(F)(F)F)c1. The Labute approximate surface area is 125 Å². The lowest BCUT2D eigenvalue weighted by Crippen LogP contribution is -2.04. The van der Waals surface area contributed by atoms with Gasteiger partial charge in [-0.05, 0) is 36.4 Å². The highest BCUT2D eigenvalue weighted by Crippen LogP contribution is 2.33. The molecule has 2 rings (SSSR count). The van der Waals surface area contributed by atoms with Gasteiger partial charge in [0.2, 0.25) is 0 Å². The summed E-state index contributed by atoms with van der Waals surface area (Å²) in [6.45, 7) is 0. The number of hydrogen-bond donors (Lipinski definition) is 0. The summed E-state index contributed by atoms with van der Waals surface area (Å²) in [6, 6.07) is 9.16. The van der Waals surface area contributed by atoms with Crippen LogP contribution in [0.5, 0.6) is 11.5 Å². The molecule has 0 aliphatic carbocycles. The van der Waals surface area contributed by atoms with E-state index in [1.165, 1.54) is 30.5 Å². The molecule has 114 valence electrons. The number of aldehydes is 1. The van der Waals surface area contributed by atoms with Gasteiger partial charge in [0, 0.05) is 24.4 Å². The van der Waals surface area contributed by atoms with Crippen molar-refractivity contribution in [2.75, 3.05) is 7.05 Å². The largest absolute Gasteiger partial charge is 0.457 e. The zero-order valence-corrected chi connectivity index (χ0v) is 11.6. The number of alkyl halides is 3. The predicted molar refractivity (Wildman–Crippen MR) is 76.9 cm³/mol. The lowest BCUT2D eigenvalue weighted by molar-refractivity contribution is -0.137. The van der Waals surface area contributed by atoms with Gasteiger partial charge in [0.25, 0.3) is 0 Å². The lowest BCUT2D eigenvalue weighted by atomic mass is 10.1. The molecule has 0 saturated heterocycles. The summed E-state index contributed by atoms with van der Waals surface area (Å²) in [7, 11) is 1.54. The molecule has 0 radical (unpaired) electrons. The van der Waals surface area contributed by atoms with Crippen molar-refractivity contribution < 1.29 is 22.7 Å². The smallest absolute Gasteiger partial charge is 0.416 e. The predicted octanol–water partition coefficient (Wildman–Crippen LogP) is 4.36. The maximum Gasteiger partial charge on any atom is 0.416 e. The second-order valence-corrected chi connectivity index (χ2v) is 4.43. The number of carbonyl (C=O) groups is 1. The van der Waals surface area contributed by atoms with E-state index >= 15 is 0 Å². The maximum absolute atomic E-state index is 12.7. The molecule has 0 heterocycles. The third-order valence-electron chi connectivity index (χ3n) is 2.83. The Morgan fingerprint density at radius 3 is 2.55 bits per heavy atom. The van der Waals surface area contributed by atoms with Crippen molar-refractivity contribution in [1.29, 1.82) is 0 Å². The molecule has 0 bridgehead atoms. The van der Waals surface area contributed by atoms with Crippen molar-refractivity contribution in [1.82, 2.24) is 0 Å². The number of rotatable bonds is 4. The van der Waals surface area contributed by atoms with Crippen molar-refractivity contribution in [2.24, 2.45) is 4.99 Å². The summed E-state index contributed by atoms with van der Waals surface area (Å²) >= 11 is 0. The van der Waals surface area contributed by atoms with Gasteiger partial charge in [-0.25, -0.2) is 0 Å². The van der Waals surface area contributed by atoms with E-state index in [1.54, 1.807) is 13.1 Å². The Bertz CT molecular complexity index is 709. The Morgan fingerprint density at radius 2 is 1.91 bits per heavy atom. The third kappa shape index (κ3) is 3.72. The van der Waals surface area contributed by atoms with E-state index in [2.05, 4.69) is 4.99 Å². The van der Waals surface area contributed by atoms with Gasteiger partial charge >= 0.3 is 6.18 Å². The molecule has 3 nitrogen and oxygen atoms in total. The topological polar surface area (TPSA) is 38.7 Å². The molecule has 0 aliphatic heterocycles. The van der Waals surface area contributed by atoms with Gasteiger partial charge in [-0.1, -0.05) is 6.07 Å². The van der Waals surface area contributed by atoms with E-state index in [4.69, 9.17) is 4.74 Å². The first-order valence-electron chi connectivity index (χ1n) is 6.30. The van der Waals surface area contributed by atoms with E-state index in [0.29, 0.717) is 23.2 Å². The van der Waals surface area contributed by atoms with Gasteiger partial charge in [-0.15, -0.1) is 0 Å². The van der Waals surface area contributed by atoms with Crippen LogP contribution in [-0.4, -0.2) is 19.5 Å². The molecule has 22 heavy (non-hydrogen) atoms. The third-order valence-corrected chi connectivity index (χ3v) is 2.83. The van der Waals surface area contributed by atoms with Crippen molar-refractivity contribution >= 4 is 12.5 Å². The molecular weight excluding hydrogens is 295 g/mol. The van der Waals surface area contributed by atoms with Crippen molar-refractivity contribution in [3.8, 4) is 11.5 Å². The zero-order valence-electron chi connectivity index (χ0n) is 11.6. The van der Waals surface area contributed by atoms with Crippen LogP contribution in [0.1, 0.15) is 21.5 Å². The van der Waals surface area contributed by atoms with Gasteiger partial charge in [0.1, 0.15) is 17.8 Å². The average Bonchev–Trinajstić information content (AvgIpc) is 2.49. The summed E-state index contributed by atoms with van der Waals surface area (Å²) in [5.74, 6) is 0.370. The molecule has 0 spiro atoms. The Kier molecular flexibility index (Phi) is 4.60. The molecule has 0 aromatic heterocycles. The molecule has 0 saturated carbocycles. The van der Waals surface area contributed by atoms with E-state index in [0.717, 1.165) is 12.1 Å². The van der Waals surface area contributed by atoms with Gasteiger partial charge < -0.3 is 4.74 Å². The van der Waals surface area contributed by atoms with Gasteiger partial charge in [-0.2, -0.15) is 13.2 Å². The van der Waals surface area contributed by atoms with Gasteiger partial charge in [0.15, 0.2) is 0 Å². The minimum Gasteiger partial charge on any atom is -0.457 e. The number of ether oxygens (including phenoxy) is 1. The van der Waals surface area contributed by atoms with Crippen LogP contribution in [0.4, 0.5) is 13.2 Å². The van der Waals surface area contributed by atoms with Crippen molar-refractivity contribution in [3.63, 3.8) is 0 Å². The lowest BCUT2D eigenvalue weighted by Gasteiger charge is -2.11. The fourth-order valence-corrected chi connectivity index (χ4v) is 1.84. The van der Waals surface area contributed by atoms with Crippen LogP contribution in [0.15, 0.2) is 47.5 Å². The second kappa shape index (κ2) is 6.43. The number of hydrogen-bond acceptors (Lipinski definition) is 3. The normalized spacial score (nSPS) is 11.6. The molecule has 2 aromatic carbocycles. The fraction of sp³-hybridized carbons (Fsp3) is 0.125. The van der Waals surface area contributed by atoms with Crippen molar-refractivity contribution in [2.45, 2.75) is 6.18 Å². The Balaban J connectivity index is 2.36. The van der Waals surface area contributed by atoms with Gasteiger partial charge in [-0.3, -0.25) is 9.79 Å². The fourth-order valence-electron chi connectivity index (χ4n) is 1.84. The first kappa shape index (κ1) is 15.8. The Hall–Kier alpha value is -2.63. The standard InChI is InChI=1S/C16H12F3NO2/c1-20-9-12-7-11(10-21)5-6-15(12)22-14-4-2-3-13(8-14)16(17,18)19/h2-10H,1H3/b20-9-. The van der Waals surface area contributed by atoms with E-state index in [-0.39, 0.29) is 5.75 Å². The zero-order chi connectivity index (χ0) is 16.2. The average molecular weight is 307 g/mol. The van der Waals surface area contributed by atoms with E-state index in [1.807, 2.05) is 0 Å². The second-order valence-electron chi connectivity index (χ2n) is 4.43. The number of nitrogens with zero attached hydrogens (tertiary/aromatic N) is 1. The minimum atomic E-state index is -4.44. The summed E-state index contributed by atoms with van der Waals surface area (Å²) in [5, 5.41) is 0. The van der Waals surface area contributed by atoms with Crippen LogP contribution in [0.3, 0.4) is 0 Å². The molecular formula is C16H12F3NO2. The Morgan fingerprint density at radius 1 is 1.14 bits per heavy atom. The molecule has 0 atom stereocenters. The molecule has 0 N–H and O–H groups in total. The van der Waals surface area contributed by atoms with Crippen LogP contribution < -0.4 is 4.74 Å². The van der Waals surface area contributed by atoms with E-state index in [9.17, 15) is 18.0 Å². The molecule has 0 unspecified atom stereocenters. The number of halogens is 3. The van der Waals surface area contributed by atoms with Crippen LogP contribution >= 0.6 is 0 Å². The molecule has 0 fully saturated rings. The molecule has 0 aliphatic rings. The molecule has 0 amide bonds. The summed E-state index contributed by atoms with van der Waals surface area (Å²) in [4.78, 5) is 14.6. The van der Waals surface area contributed by atoms with Crippen LogP contribution in [0.2, 0.25) is 0 Å². The minimum absolute atomic E-state index is 0.0550. The van der Waals surface area contributed by atoms with Crippen LogP contribution in [-0.2, 0) is 6.18 Å². The number of carbonyl (C=O) groups excluding carboxylic acids is 1. The number of aliphatic imine (C=N–C) groups is 1. The van der Waals surface area contributed by atoms with Crippen molar-refractivity contribution in [3.05, 3.63) is 59.2 Å². The van der Waals surface area contributed by atoms with Crippen LogP contribution in [0.25, 0.3) is 0 Å².